The Kier molecular flexibility index (Phi) is 7.10. The molecule has 0 aromatic carbocycles. The van der Waals surface area contributed by atoms with Crippen molar-refractivity contribution in [2.45, 2.75) is 71.3 Å². The first-order valence-electron chi connectivity index (χ1n) is 10.7. The predicted octanol–water partition coefficient (Wildman–Crippen LogP) is 3.12. The molecule has 0 spiro atoms. The minimum absolute atomic E-state index is 0.0362. The molecular weight excluding hydrogens is 374 g/mol. The lowest BCUT2D eigenvalue weighted by Gasteiger charge is -2.31. The summed E-state index contributed by atoms with van der Waals surface area (Å²) in [7, 11) is -3.27. The maximum absolute atomic E-state index is 13.3. The molecule has 1 aliphatic carbocycles. The normalized spacial score (nSPS) is 23.1. The summed E-state index contributed by atoms with van der Waals surface area (Å²) in [5.41, 5.74) is 1.79. The standard InChI is InChI=1S/C21H33N3O3S/c1-3-14-28(26,27)23-12-7-8-18(16-23)21(25)24-13-11-17(2)15-20(24)22-19-9-5-4-6-10-19/h11,13,15,18-19H,3-10,12,14,16H2,1-2H3. The largest absolute Gasteiger partial charge is 0.274 e. The van der Waals surface area contributed by atoms with Gasteiger partial charge in [0, 0.05) is 19.3 Å². The maximum atomic E-state index is 13.3. The van der Waals surface area contributed by atoms with Crippen molar-refractivity contribution in [3.05, 3.63) is 29.4 Å². The van der Waals surface area contributed by atoms with Gasteiger partial charge >= 0.3 is 0 Å². The number of piperidine rings is 1. The molecule has 28 heavy (non-hydrogen) atoms. The fraction of sp³-hybridized carbons (Fsp3) is 0.714. The van der Waals surface area contributed by atoms with Crippen LogP contribution in [0.1, 0.15) is 68.6 Å². The quantitative estimate of drug-likeness (QED) is 0.753. The van der Waals surface area contributed by atoms with Crippen molar-refractivity contribution in [3.63, 3.8) is 0 Å². The van der Waals surface area contributed by atoms with Crippen molar-refractivity contribution >= 4 is 15.9 Å². The molecule has 0 N–H and O–H groups in total. The summed E-state index contributed by atoms with van der Waals surface area (Å²) in [5.74, 6) is -0.201. The van der Waals surface area contributed by atoms with Crippen LogP contribution in [0.25, 0.3) is 0 Å². The Hall–Kier alpha value is -1.47. The van der Waals surface area contributed by atoms with Gasteiger partial charge in [0.05, 0.1) is 17.7 Å². The Labute approximate surface area is 168 Å². The summed E-state index contributed by atoms with van der Waals surface area (Å²) >= 11 is 0. The van der Waals surface area contributed by atoms with Gasteiger partial charge in [-0.25, -0.2) is 12.7 Å². The van der Waals surface area contributed by atoms with Gasteiger partial charge in [0.1, 0.15) is 5.49 Å². The van der Waals surface area contributed by atoms with Crippen LogP contribution in [-0.2, 0) is 10.0 Å². The molecule has 1 atom stereocenters. The molecule has 1 aromatic heterocycles. The third-order valence-electron chi connectivity index (χ3n) is 5.81. The van der Waals surface area contributed by atoms with Crippen LogP contribution < -0.4 is 5.49 Å². The third kappa shape index (κ3) is 5.11. The zero-order valence-electron chi connectivity index (χ0n) is 17.1. The van der Waals surface area contributed by atoms with E-state index in [2.05, 4.69) is 0 Å². The number of rotatable bonds is 5. The minimum Gasteiger partial charge on any atom is -0.274 e. The summed E-state index contributed by atoms with van der Waals surface area (Å²) in [4.78, 5) is 18.2. The molecule has 1 saturated heterocycles. The highest BCUT2D eigenvalue weighted by Gasteiger charge is 2.32. The van der Waals surface area contributed by atoms with E-state index in [1.54, 1.807) is 10.8 Å². The smallest absolute Gasteiger partial charge is 0.236 e. The molecule has 3 rings (SSSR count). The van der Waals surface area contributed by atoms with Gasteiger partial charge in [0.25, 0.3) is 0 Å². The van der Waals surface area contributed by atoms with Crippen LogP contribution in [0.15, 0.2) is 23.3 Å². The van der Waals surface area contributed by atoms with Gasteiger partial charge in [-0.05, 0) is 56.7 Å². The van der Waals surface area contributed by atoms with Crippen molar-refractivity contribution < 1.29 is 13.2 Å². The predicted molar refractivity (Wildman–Crippen MR) is 111 cm³/mol. The first kappa shape index (κ1) is 21.2. The molecule has 2 heterocycles. The van der Waals surface area contributed by atoms with Crippen LogP contribution in [0.5, 0.6) is 0 Å². The molecule has 2 fully saturated rings. The minimum atomic E-state index is -3.27. The number of sulfonamides is 1. The highest BCUT2D eigenvalue weighted by atomic mass is 32.2. The topological polar surface area (TPSA) is 71.7 Å². The van der Waals surface area contributed by atoms with Crippen molar-refractivity contribution in [2.24, 2.45) is 10.9 Å². The Bertz CT molecular complexity index is 854. The van der Waals surface area contributed by atoms with Crippen LogP contribution in [0.3, 0.4) is 0 Å². The molecule has 156 valence electrons. The first-order valence-corrected chi connectivity index (χ1v) is 12.3. The van der Waals surface area contributed by atoms with Crippen LogP contribution in [-0.4, -0.2) is 48.1 Å². The van der Waals surface area contributed by atoms with E-state index in [4.69, 9.17) is 4.99 Å². The molecule has 1 aromatic rings. The van der Waals surface area contributed by atoms with E-state index in [-0.39, 0.29) is 30.2 Å². The van der Waals surface area contributed by atoms with Crippen LogP contribution in [0.4, 0.5) is 0 Å². The molecule has 2 aliphatic rings. The molecule has 0 radical (unpaired) electrons. The van der Waals surface area contributed by atoms with E-state index in [0.717, 1.165) is 31.2 Å². The molecule has 1 unspecified atom stereocenters. The summed E-state index contributed by atoms with van der Waals surface area (Å²) in [6.45, 7) is 4.68. The SMILES string of the molecule is CCCS(=O)(=O)N1CCCC(C(=O)n2ccc(C)cc2=NC2CCCCC2)C1. The summed E-state index contributed by atoms with van der Waals surface area (Å²) in [6, 6.07) is 4.18. The van der Waals surface area contributed by atoms with E-state index in [1.807, 2.05) is 26.0 Å². The number of hydrogen-bond acceptors (Lipinski definition) is 4. The number of aryl methyl sites for hydroxylation is 1. The average Bonchev–Trinajstić information content (AvgIpc) is 2.68. The number of nitrogens with zero attached hydrogens (tertiary/aromatic N) is 3. The van der Waals surface area contributed by atoms with Gasteiger partial charge in [0.15, 0.2) is 0 Å². The van der Waals surface area contributed by atoms with E-state index in [0.29, 0.717) is 18.5 Å². The Morgan fingerprint density at radius 1 is 1.18 bits per heavy atom. The second kappa shape index (κ2) is 9.35. The lowest BCUT2D eigenvalue weighted by Crippen LogP contribution is -2.45. The van der Waals surface area contributed by atoms with Crippen LogP contribution >= 0.6 is 0 Å². The maximum Gasteiger partial charge on any atom is 0.236 e. The van der Waals surface area contributed by atoms with Gasteiger partial charge in [0.2, 0.25) is 15.9 Å². The second-order valence-corrected chi connectivity index (χ2v) is 10.3. The van der Waals surface area contributed by atoms with Gasteiger partial charge in [-0.3, -0.25) is 14.4 Å². The van der Waals surface area contributed by atoms with Crippen molar-refractivity contribution in [3.8, 4) is 0 Å². The summed E-state index contributed by atoms with van der Waals surface area (Å²) in [6.07, 6.45) is 9.66. The molecule has 0 bridgehead atoms. The van der Waals surface area contributed by atoms with E-state index >= 15 is 0 Å². The van der Waals surface area contributed by atoms with Crippen LogP contribution in [0, 0.1) is 12.8 Å². The van der Waals surface area contributed by atoms with E-state index in [9.17, 15) is 13.2 Å². The lowest BCUT2D eigenvalue weighted by atomic mass is 9.96. The fourth-order valence-corrected chi connectivity index (χ4v) is 5.84. The third-order valence-corrected chi connectivity index (χ3v) is 7.85. The molecule has 0 amide bonds. The number of aromatic nitrogens is 1. The number of hydrogen-bond donors (Lipinski definition) is 0. The van der Waals surface area contributed by atoms with E-state index in [1.165, 1.54) is 23.6 Å². The second-order valence-electron chi connectivity index (χ2n) is 8.20. The molecule has 7 heteroatoms. The Morgan fingerprint density at radius 3 is 2.64 bits per heavy atom. The zero-order valence-corrected chi connectivity index (χ0v) is 18.0. The van der Waals surface area contributed by atoms with Gasteiger partial charge < -0.3 is 0 Å². The van der Waals surface area contributed by atoms with Gasteiger partial charge in [-0.2, -0.15) is 0 Å². The monoisotopic (exact) mass is 407 g/mol. The van der Waals surface area contributed by atoms with Crippen molar-refractivity contribution in [2.75, 3.05) is 18.8 Å². The first-order chi connectivity index (χ1) is 13.4. The van der Waals surface area contributed by atoms with Crippen molar-refractivity contribution in [1.82, 2.24) is 8.87 Å². The highest BCUT2D eigenvalue weighted by molar-refractivity contribution is 7.89. The number of pyridine rings is 1. The van der Waals surface area contributed by atoms with Crippen LogP contribution in [0.2, 0.25) is 0 Å². The fourth-order valence-electron chi connectivity index (χ4n) is 4.25. The number of carbonyl (C=O) groups excluding carboxylic acids is 1. The summed E-state index contributed by atoms with van der Waals surface area (Å²) < 4.78 is 28.1. The highest BCUT2D eigenvalue weighted by Crippen LogP contribution is 2.22. The van der Waals surface area contributed by atoms with E-state index < -0.39 is 10.0 Å². The lowest BCUT2D eigenvalue weighted by molar-refractivity contribution is 0.0778. The Morgan fingerprint density at radius 2 is 1.93 bits per heavy atom. The Balaban J connectivity index is 1.85. The molecule has 1 aliphatic heterocycles. The van der Waals surface area contributed by atoms with Gasteiger partial charge in [-0.1, -0.05) is 26.2 Å². The van der Waals surface area contributed by atoms with Gasteiger partial charge in [-0.15, -0.1) is 0 Å². The molecular formula is C21H33N3O3S. The molecule has 1 saturated carbocycles. The number of carbonyl (C=O) groups is 1. The molecule has 6 nitrogen and oxygen atoms in total. The summed E-state index contributed by atoms with van der Waals surface area (Å²) in [5, 5.41) is 0. The average molecular weight is 408 g/mol. The zero-order chi connectivity index (χ0) is 20.1. The van der Waals surface area contributed by atoms with Crippen molar-refractivity contribution in [1.29, 1.82) is 0 Å².